The Hall–Kier alpha value is -1.78. The summed E-state index contributed by atoms with van der Waals surface area (Å²) in [5, 5.41) is 0. The summed E-state index contributed by atoms with van der Waals surface area (Å²) < 4.78 is 5.32. The van der Waals surface area contributed by atoms with Crippen LogP contribution in [0.4, 0.5) is 0 Å². The van der Waals surface area contributed by atoms with E-state index in [2.05, 4.69) is 19.1 Å². The number of hydrogen-bond donors (Lipinski definition) is 1. The number of nitrogens with two attached hydrogens (primary N) is 1. The quantitative estimate of drug-likeness (QED) is 0.878. The predicted molar refractivity (Wildman–Crippen MR) is 92.3 cm³/mol. The molecule has 2 N–H and O–H groups in total. The molecule has 1 heterocycles. The second-order valence-electron chi connectivity index (χ2n) is 6.00. The number of nitrogens with zero attached hydrogens (tertiary/aromatic N) is 1. The van der Waals surface area contributed by atoms with E-state index in [-0.39, 0.29) is 24.4 Å². The van der Waals surface area contributed by atoms with E-state index in [0.717, 1.165) is 5.56 Å². The minimum Gasteiger partial charge on any atom is -0.467 e. The SMILES string of the molecule is CC(C1CC1)N(Cc1ccccc1)C(=O)c1coc(CN)c1.Cl. The summed E-state index contributed by atoms with van der Waals surface area (Å²) in [5.41, 5.74) is 7.29. The molecule has 1 aliphatic rings. The van der Waals surface area contributed by atoms with Crippen molar-refractivity contribution in [2.24, 2.45) is 11.7 Å². The van der Waals surface area contributed by atoms with E-state index in [1.807, 2.05) is 23.1 Å². The average molecular weight is 335 g/mol. The van der Waals surface area contributed by atoms with Gasteiger partial charge in [-0.05, 0) is 37.3 Å². The van der Waals surface area contributed by atoms with E-state index in [1.54, 1.807) is 6.07 Å². The molecule has 1 aromatic carbocycles. The van der Waals surface area contributed by atoms with Crippen LogP contribution in [0.25, 0.3) is 0 Å². The number of rotatable bonds is 6. The molecule has 1 saturated carbocycles. The monoisotopic (exact) mass is 334 g/mol. The lowest BCUT2D eigenvalue weighted by molar-refractivity contribution is 0.0653. The lowest BCUT2D eigenvalue weighted by atomic mass is 10.1. The van der Waals surface area contributed by atoms with E-state index in [0.29, 0.717) is 30.3 Å². The zero-order valence-electron chi connectivity index (χ0n) is 13.3. The third-order valence-corrected chi connectivity index (χ3v) is 4.35. The Kier molecular flexibility index (Phi) is 5.85. The van der Waals surface area contributed by atoms with Crippen LogP contribution in [0.3, 0.4) is 0 Å². The third-order valence-electron chi connectivity index (χ3n) is 4.35. The molecule has 1 amide bonds. The van der Waals surface area contributed by atoms with Crippen LogP contribution in [0.5, 0.6) is 0 Å². The Labute approximate surface area is 143 Å². The van der Waals surface area contributed by atoms with Gasteiger partial charge in [0.05, 0.1) is 12.1 Å². The van der Waals surface area contributed by atoms with Crippen LogP contribution in [0, 0.1) is 5.92 Å². The van der Waals surface area contributed by atoms with Gasteiger partial charge in [-0.15, -0.1) is 12.4 Å². The first-order chi connectivity index (χ1) is 10.7. The number of carbonyl (C=O) groups excluding carboxylic acids is 1. The standard InChI is InChI=1S/C18H22N2O2.ClH/c1-13(15-7-8-15)20(11-14-5-3-2-4-6-14)18(21)16-9-17(10-19)22-12-16;/h2-6,9,12-13,15H,7-8,10-11,19H2,1H3;1H. The fourth-order valence-corrected chi connectivity index (χ4v) is 2.78. The number of hydrogen-bond acceptors (Lipinski definition) is 3. The molecule has 3 rings (SSSR count). The van der Waals surface area contributed by atoms with E-state index < -0.39 is 0 Å². The highest BCUT2D eigenvalue weighted by atomic mass is 35.5. The van der Waals surface area contributed by atoms with Gasteiger partial charge in [0.1, 0.15) is 12.0 Å². The zero-order valence-corrected chi connectivity index (χ0v) is 14.1. The minimum atomic E-state index is 0. The fourth-order valence-electron chi connectivity index (χ4n) is 2.78. The van der Waals surface area contributed by atoms with Gasteiger partial charge in [-0.25, -0.2) is 0 Å². The van der Waals surface area contributed by atoms with Crippen LogP contribution >= 0.6 is 12.4 Å². The first-order valence-electron chi connectivity index (χ1n) is 7.81. The fraction of sp³-hybridized carbons (Fsp3) is 0.389. The molecule has 0 saturated heterocycles. The summed E-state index contributed by atoms with van der Waals surface area (Å²) >= 11 is 0. The highest BCUT2D eigenvalue weighted by molar-refractivity contribution is 5.94. The Morgan fingerprint density at radius 2 is 2.04 bits per heavy atom. The van der Waals surface area contributed by atoms with Crippen molar-refractivity contribution in [3.8, 4) is 0 Å². The van der Waals surface area contributed by atoms with Gasteiger partial charge in [-0.3, -0.25) is 4.79 Å². The molecule has 0 bridgehead atoms. The Morgan fingerprint density at radius 3 is 2.61 bits per heavy atom. The number of furan rings is 1. The summed E-state index contributed by atoms with van der Waals surface area (Å²) in [5.74, 6) is 1.28. The maximum Gasteiger partial charge on any atom is 0.257 e. The lowest BCUT2D eigenvalue weighted by Gasteiger charge is -2.29. The van der Waals surface area contributed by atoms with Gasteiger partial charge in [-0.1, -0.05) is 30.3 Å². The second-order valence-corrected chi connectivity index (χ2v) is 6.00. The first kappa shape index (κ1) is 17.6. The van der Waals surface area contributed by atoms with Crippen molar-refractivity contribution in [1.29, 1.82) is 0 Å². The molecule has 23 heavy (non-hydrogen) atoms. The molecule has 1 aromatic heterocycles. The van der Waals surface area contributed by atoms with Crippen molar-refractivity contribution < 1.29 is 9.21 Å². The van der Waals surface area contributed by atoms with E-state index >= 15 is 0 Å². The highest BCUT2D eigenvalue weighted by Crippen LogP contribution is 2.36. The molecule has 1 unspecified atom stereocenters. The number of carbonyl (C=O) groups is 1. The molecule has 5 heteroatoms. The summed E-state index contributed by atoms with van der Waals surface area (Å²) in [6.07, 6.45) is 3.93. The second kappa shape index (κ2) is 7.66. The molecule has 124 valence electrons. The molecule has 1 fully saturated rings. The maximum atomic E-state index is 12.9. The van der Waals surface area contributed by atoms with Gasteiger partial charge < -0.3 is 15.1 Å². The summed E-state index contributed by atoms with van der Waals surface area (Å²) in [6.45, 7) is 3.08. The molecular formula is C18H23ClN2O2. The van der Waals surface area contributed by atoms with Crippen LogP contribution < -0.4 is 5.73 Å². The van der Waals surface area contributed by atoms with Gasteiger partial charge in [0, 0.05) is 12.6 Å². The van der Waals surface area contributed by atoms with E-state index in [4.69, 9.17) is 10.2 Å². The smallest absolute Gasteiger partial charge is 0.257 e. The van der Waals surface area contributed by atoms with Crippen LogP contribution in [-0.4, -0.2) is 16.8 Å². The number of halogens is 1. The van der Waals surface area contributed by atoms with Gasteiger partial charge >= 0.3 is 0 Å². The van der Waals surface area contributed by atoms with Crippen molar-refractivity contribution >= 4 is 18.3 Å². The van der Waals surface area contributed by atoms with Crippen LogP contribution in [0.15, 0.2) is 47.1 Å². The van der Waals surface area contributed by atoms with Crippen molar-refractivity contribution in [2.45, 2.75) is 38.9 Å². The van der Waals surface area contributed by atoms with Crippen molar-refractivity contribution in [1.82, 2.24) is 4.90 Å². The van der Waals surface area contributed by atoms with Crippen LogP contribution in [0.1, 0.15) is 41.4 Å². The normalized spacial score (nSPS) is 14.9. The van der Waals surface area contributed by atoms with E-state index in [1.165, 1.54) is 19.1 Å². The highest BCUT2D eigenvalue weighted by Gasteiger charge is 2.35. The molecule has 4 nitrogen and oxygen atoms in total. The van der Waals surface area contributed by atoms with Crippen LogP contribution in [-0.2, 0) is 13.1 Å². The van der Waals surface area contributed by atoms with Crippen molar-refractivity contribution in [3.05, 3.63) is 59.5 Å². The molecular weight excluding hydrogens is 312 g/mol. The molecule has 1 atom stereocenters. The van der Waals surface area contributed by atoms with Gasteiger partial charge in [0.15, 0.2) is 0 Å². The molecule has 0 aliphatic heterocycles. The molecule has 0 radical (unpaired) electrons. The Balaban J connectivity index is 0.00000192. The molecule has 1 aliphatic carbocycles. The zero-order chi connectivity index (χ0) is 15.5. The minimum absolute atomic E-state index is 0. The lowest BCUT2D eigenvalue weighted by Crippen LogP contribution is -2.39. The van der Waals surface area contributed by atoms with Crippen molar-refractivity contribution in [3.63, 3.8) is 0 Å². The summed E-state index contributed by atoms with van der Waals surface area (Å²) in [6, 6.07) is 12.1. The third kappa shape index (κ3) is 4.15. The molecule has 2 aromatic rings. The van der Waals surface area contributed by atoms with E-state index in [9.17, 15) is 4.79 Å². The number of benzene rings is 1. The molecule has 0 spiro atoms. The van der Waals surface area contributed by atoms with Gasteiger partial charge in [0.2, 0.25) is 0 Å². The Morgan fingerprint density at radius 1 is 1.35 bits per heavy atom. The maximum absolute atomic E-state index is 12.9. The van der Waals surface area contributed by atoms with Crippen molar-refractivity contribution in [2.75, 3.05) is 0 Å². The van der Waals surface area contributed by atoms with Crippen LogP contribution in [0.2, 0.25) is 0 Å². The largest absolute Gasteiger partial charge is 0.467 e. The topological polar surface area (TPSA) is 59.5 Å². The Bertz CT molecular complexity index is 637. The number of amides is 1. The first-order valence-corrected chi connectivity index (χ1v) is 7.81. The van der Waals surface area contributed by atoms with Gasteiger partial charge in [0.25, 0.3) is 5.91 Å². The summed E-state index contributed by atoms with van der Waals surface area (Å²) in [4.78, 5) is 14.8. The van der Waals surface area contributed by atoms with Gasteiger partial charge in [-0.2, -0.15) is 0 Å². The average Bonchev–Trinajstić information content (AvgIpc) is 3.29. The predicted octanol–water partition coefficient (Wildman–Crippen LogP) is 3.60. The summed E-state index contributed by atoms with van der Waals surface area (Å²) in [7, 11) is 0.